The van der Waals surface area contributed by atoms with Crippen molar-refractivity contribution >= 4 is 0 Å². The molecule has 5 unspecified atom stereocenters. The third kappa shape index (κ3) is 1.07. The molecule has 0 aromatic rings. The van der Waals surface area contributed by atoms with Gasteiger partial charge in [0.1, 0.15) is 0 Å². The van der Waals surface area contributed by atoms with Crippen LogP contribution in [0.25, 0.3) is 0 Å². The quantitative estimate of drug-likeness (QED) is 0.564. The Kier molecular flexibility index (Phi) is 1.97. The number of alkyl halides is 3. The molecule has 0 aromatic carbocycles. The van der Waals surface area contributed by atoms with E-state index >= 15 is 0 Å². The van der Waals surface area contributed by atoms with E-state index in [9.17, 15) is 13.2 Å². The van der Waals surface area contributed by atoms with Crippen molar-refractivity contribution < 1.29 is 13.2 Å². The first-order valence-corrected chi connectivity index (χ1v) is 5.34. The van der Waals surface area contributed by atoms with Crippen LogP contribution in [0.4, 0.5) is 13.2 Å². The number of fused-ring (bicyclic) bond motifs is 2. The van der Waals surface area contributed by atoms with Crippen LogP contribution in [-0.2, 0) is 0 Å². The smallest absolute Gasteiger partial charge is 0.171 e. The van der Waals surface area contributed by atoms with E-state index in [1.165, 1.54) is 6.92 Å². The van der Waals surface area contributed by atoms with Gasteiger partial charge in [0.25, 0.3) is 0 Å². The average Bonchev–Trinajstić information content (AvgIpc) is 2.50. The molecule has 0 N–H and O–H groups in total. The van der Waals surface area contributed by atoms with Crippen LogP contribution in [0.5, 0.6) is 0 Å². The monoisotopic (exact) mass is 206 g/mol. The maximum atomic E-state index is 12.9. The lowest BCUT2D eigenvalue weighted by molar-refractivity contribution is -0.242. The number of hydrogen-bond donors (Lipinski definition) is 0. The Morgan fingerprint density at radius 3 is 2.07 bits per heavy atom. The van der Waals surface area contributed by atoms with Crippen molar-refractivity contribution in [1.29, 1.82) is 0 Å². The predicted octanol–water partition coefficient (Wildman–Crippen LogP) is 3.87. The van der Waals surface area contributed by atoms with E-state index in [1.807, 2.05) is 6.92 Å². The van der Waals surface area contributed by atoms with Crippen molar-refractivity contribution in [3.05, 3.63) is 0 Å². The fourth-order valence-electron chi connectivity index (χ4n) is 3.68. The Balaban J connectivity index is 2.28. The predicted molar refractivity (Wildman–Crippen MR) is 48.7 cm³/mol. The highest BCUT2D eigenvalue weighted by molar-refractivity contribution is 5.06. The van der Waals surface area contributed by atoms with Crippen LogP contribution in [0.1, 0.15) is 33.6 Å². The minimum atomic E-state index is -4.01. The summed E-state index contributed by atoms with van der Waals surface area (Å²) in [6, 6.07) is 0. The maximum Gasteiger partial charge on any atom is 0.394 e. The highest BCUT2D eigenvalue weighted by atomic mass is 19.4. The topological polar surface area (TPSA) is 0 Å². The second-order valence-corrected chi connectivity index (χ2v) is 5.44. The minimum Gasteiger partial charge on any atom is -0.171 e. The Morgan fingerprint density at radius 2 is 1.71 bits per heavy atom. The molecule has 2 bridgehead atoms. The van der Waals surface area contributed by atoms with Crippen LogP contribution >= 0.6 is 0 Å². The Morgan fingerprint density at radius 1 is 1.14 bits per heavy atom. The molecule has 0 radical (unpaired) electrons. The lowest BCUT2D eigenvalue weighted by atomic mass is 9.66. The second-order valence-electron chi connectivity index (χ2n) is 5.44. The molecule has 2 fully saturated rings. The lowest BCUT2D eigenvalue weighted by Crippen LogP contribution is -2.44. The van der Waals surface area contributed by atoms with Crippen molar-refractivity contribution in [1.82, 2.24) is 0 Å². The molecular weight excluding hydrogens is 189 g/mol. The highest BCUT2D eigenvalue weighted by Crippen LogP contribution is 2.65. The highest BCUT2D eigenvalue weighted by Gasteiger charge is 2.65. The summed E-state index contributed by atoms with van der Waals surface area (Å²) >= 11 is 0. The second kappa shape index (κ2) is 2.67. The molecule has 0 amide bonds. The van der Waals surface area contributed by atoms with E-state index < -0.39 is 11.6 Å². The van der Waals surface area contributed by atoms with Crippen molar-refractivity contribution in [2.75, 3.05) is 0 Å². The molecule has 2 saturated carbocycles. The third-order valence-electron chi connectivity index (χ3n) is 4.92. The van der Waals surface area contributed by atoms with Gasteiger partial charge in [0.15, 0.2) is 0 Å². The summed E-state index contributed by atoms with van der Waals surface area (Å²) in [5, 5.41) is 0. The molecular formula is C11H17F3. The molecule has 0 aromatic heterocycles. The van der Waals surface area contributed by atoms with Crippen molar-refractivity contribution in [3.63, 3.8) is 0 Å². The van der Waals surface area contributed by atoms with Gasteiger partial charge in [-0.15, -0.1) is 0 Å². The summed E-state index contributed by atoms with van der Waals surface area (Å²) in [5.41, 5.74) is -1.40. The Labute approximate surface area is 82.9 Å². The van der Waals surface area contributed by atoms with Crippen molar-refractivity contribution in [2.45, 2.75) is 39.8 Å². The number of rotatable bonds is 0. The number of hydrogen-bond acceptors (Lipinski definition) is 0. The molecule has 82 valence electrons. The van der Waals surface area contributed by atoms with Crippen molar-refractivity contribution in [3.8, 4) is 0 Å². The first-order valence-electron chi connectivity index (χ1n) is 5.34. The van der Waals surface area contributed by atoms with E-state index in [0.717, 1.165) is 6.42 Å². The molecule has 2 aliphatic carbocycles. The van der Waals surface area contributed by atoms with Crippen LogP contribution < -0.4 is 0 Å². The van der Waals surface area contributed by atoms with Gasteiger partial charge in [0.05, 0.1) is 5.41 Å². The van der Waals surface area contributed by atoms with Gasteiger partial charge in [-0.1, -0.05) is 20.8 Å². The molecule has 0 nitrogen and oxygen atoms in total. The van der Waals surface area contributed by atoms with Gasteiger partial charge < -0.3 is 0 Å². The van der Waals surface area contributed by atoms with Gasteiger partial charge in [-0.05, 0) is 36.5 Å². The molecule has 0 spiro atoms. The van der Waals surface area contributed by atoms with E-state index in [0.29, 0.717) is 18.3 Å². The standard InChI is InChI=1S/C11H17F3/c1-6-7(2)9-4-8(6)5-10(9,3)11(12,13)14/h6-9H,4-5H2,1-3H3. The van der Waals surface area contributed by atoms with E-state index in [-0.39, 0.29) is 11.8 Å². The Bertz CT molecular complexity index is 243. The van der Waals surface area contributed by atoms with Gasteiger partial charge >= 0.3 is 6.18 Å². The summed E-state index contributed by atoms with van der Waals surface area (Å²) in [6.07, 6.45) is -2.87. The molecule has 0 saturated heterocycles. The molecule has 14 heavy (non-hydrogen) atoms. The third-order valence-corrected chi connectivity index (χ3v) is 4.92. The molecule has 5 atom stereocenters. The maximum absolute atomic E-state index is 12.9. The van der Waals surface area contributed by atoms with Crippen LogP contribution in [0, 0.1) is 29.1 Å². The molecule has 3 heteroatoms. The summed E-state index contributed by atoms with van der Waals surface area (Å²) in [4.78, 5) is 0. The normalized spacial score (nSPS) is 52.7. The molecule has 0 aliphatic heterocycles. The largest absolute Gasteiger partial charge is 0.394 e. The lowest BCUT2D eigenvalue weighted by Gasteiger charge is -2.41. The number of halogens is 3. The summed E-state index contributed by atoms with van der Waals surface area (Å²) < 4.78 is 38.7. The zero-order valence-corrected chi connectivity index (χ0v) is 8.86. The van der Waals surface area contributed by atoms with Crippen LogP contribution in [-0.4, -0.2) is 6.18 Å². The van der Waals surface area contributed by atoms with Crippen LogP contribution in [0.15, 0.2) is 0 Å². The van der Waals surface area contributed by atoms with Gasteiger partial charge in [0, 0.05) is 0 Å². The fourth-order valence-corrected chi connectivity index (χ4v) is 3.68. The zero-order chi connectivity index (χ0) is 10.7. The van der Waals surface area contributed by atoms with Gasteiger partial charge in [-0.3, -0.25) is 0 Å². The summed E-state index contributed by atoms with van der Waals surface area (Å²) in [7, 11) is 0. The first kappa shape index (κ1) is 10.3. The van der Waals surface area contributed by atoms with Gasteiger partial charge in [-0.2, -0.15) is 13.2 Å². The van der Waals surface area contributed by atoms with Crippen molar-refractivity contribution in [2.24, 2.45) is 29.1 Å². The van der Waals surface area contributed by atoms with Crippen LogP contribution in [0.2, 0.25) is 0 Å². The zero-order valence-electron chi connectivity index (χ0n) is 8.86. The van der Waals surface area contributed by atoms with Gasteiger partial charge in [0.2, 0.25) is 0 Å². The van der Waals surface area contributed by atoms with Crippen LogP contribution in [0.3, 0.4) is 0 Å². The average molecular weight is 206 g/mol. The molecule has 2 rings (SSSR count). The van der Waals surface area contributed by atoms with E-state index in [2.05, 4.69) is 6.92 Å². The SMILES string of the molecule is CC1C2CC(C1C)C(C)(C(F)(F)F)C2. The Hall–Kier alpha value is -0.210. The van der Waals surface area contributed by atoms with E-state index in [1.54, 1.807) is 0 Å². The molecule has 2 aliphatic rings. The summed E-state index contributed by atoms with van der Waals surface area (Å²) in [6.45, 7) is 5.50. The van der Waals surface area contributed by atoms with E-state index in [4.69, 9.17) is 0 Å². The summed E-state index contributed by atoms with van der Waals surface area (Å²) in [5.74, 6) is 0.889. The molecule has 0 heterocycles. The first-order chi connectivity index (χ1) is 6.27. The fraction of sp³-hybridized carbons (Fsp3) is 1.00. The van der Waals surface area contributed by atoms with Gasteiger partial charge in [-0.25, -0.2) is 0 Å². The minimum absolute atomic E-state index is 0.137.